The van der Waals surface area contributed by atoms with Crippen molar-refractivity contribution in [3.63, 3.8) is 0 Å². The van der Waals surface area contributed by atoms with E-state index in [0.29, 0.717) is 6.61 Å². The van der Waals surface area contributed by atoms with Crippen LogP contribution in [0.2, 0.25) is 0 Å². The van der Waals surface area contributed by atoms with Gasteiger partial charge in [-0.25, -0.2) is 0 Å². The van der Waals surface area contributed by atoms with Crippen molar-refractivity contribution in [1.29, 1.82) is 0 Å². The molecule has 1 rings (SSSR count). The molecule has 0 fully saturated rings. The summed E-state index contributed by atoms with van der Waals surface area (Å²) >= 11 is 0. The third-order valence-corrected chi connectivity index (χ3v) is 2.81. The molecule has 0 radical (unpaired) electrons. The molecule has 0 heterocycles. The minimum absolute atomic E-state index is 0.646. The van der Waals surface area contributed by atoms with Crippen LogP contribution in [0.3, 0.4) is 0 Å². The molecular formula is C15H25NO3. The monoisotopic (exact) mass is 267 g/mol. The van der Waals surface area contributed by atoms with Crippen molar-refractivity contribution >= 4 is 0 Å². The number of rotatable bonds is 10. The normalized spacial score (nSPS) is 10.5. The van der Waals surface area contributed by atoms with Crippen LogP contribution in [0.5, 0.6) is 11.5 Å². The van der Waals surface area contributed by atoms with E-state index < -0.39 is 0 Å². The van der Waals surface area contributed by atoms with Crippen LogP contribution in [0.1, 0.15) is 25.3 Å². The summed E-state index contributed by atoms with van der Waals surface area (Å²) in [6, 6.07) is 6.05. The van der Waals surface area contributed by atoms with Crippen LogP contribution < -0.4 is 14.8 Å². The molecule has 0 atom stereocenters. The van der Waals surface area contributed by atoms with Gasteiger partial charge in [0.15, 0.2) is 11.5 Å². The highest BCUT2D eigenvalue weighted by Gasteiger charge is 2.04. The predicted octanol–water partition coefficient (Wildman–Crippen LogP) is 2.61. The highest BCUT2D eigenvalue weighted by molar-refractivity contribution is 5.42. The van der Waals surface area contributed by atoms with Crippen LogP contribution in [0.15, 0.2) is 18.2 Å². The van der Waals surface area contributed by atoms with Gasteiger partial charge in [0, 0.05) is 20.3 Å². The molecule has 0 aliphatic heterocycles. The maximum atomic E-state index is 5.49. The van der Waals surface area contributed by atoms with Gasteiger partial charge in [-0.1, -0.05) is 6.07 Å². The van der Waals surface area contributed by atoms with E-state index in [1.165, 1.54) is 5.56 Å². The quantitative estimate of drug-likeness (QED) is 0.661. The van der Waals surface area contributed by atoms with Crippen LogP contribution >= 0.6 is 0 Å². The Hall–Kier alpha value is -1.26. The predicted molar refractivity (Wildman–Crippen MR) is 77.0 cm³/mol. The number of unbranched alkanes of at least 4 members (excludes halogenated alkanes) is 1. The molecule has 0 aliphatic rings. The average Bonchev–Trinajstić information content (AvgIpc) is 2.44. The Morgan fingerprint density at radius 1 is 1.11 bits per heavy atom. The summed E-state index contributed by atoms with van der Waals surface area (Å²) in [5, 5.41) is 3.41. The number of hydrogen-bond acceptors (Lipinski definition) is 4. The van der Waals surface area contributed by atoms with Crippen LogP contribution in [0.4, 0.5) is 0 Å². The first-order valence-electron chi connectivity index (χ1n) is 6.81. The van der Waals surface area contributed by atoms with Gasteiger partial charge in [-0.2, -0.15) is 0 Å². The van der Waals surface area contributed by atoms with E-state index in [2.05, 4.69) is 11.4 Å². The van der Waals surface area contributed by atoms with Gasteiger partial charge in [0.1, 0.15) is 0 Å². The average molecular weight is 267 g/mol. The first-order chi connectivity index (χ1) is 9.31. The molecule has 1 aromatic rings. The fourth-order valence-corrected chi connectivity index (χ4v) is 1.83. The Morgan fingerprint density at radius 3 is 2.63 bits per heavy atom. The number of hydrogen-bond donors (Lipinski definition) is 1. The molecule has 0 saturated carbocycles. The zero-order chi connectivity index (χ0) is 13.9. The van der Waals surface area contributed by atoms with E-state index >= 15 is 0 Å². The highest BCUT2D eigenvalue weighted by atomic mass is 16.5. The maximum Gasteiger partial charge on any atom is 0.161 e. The molecule has 1 aromatic carbocycles. The molecule has 0 aromatic heterocycles. The molecule has 0 unspecified atom stereocenters. The van der Waals surface area contributed by atoms with Crippen molar-refractivity contribution in [1.82, 2.24) is 5.32 Å². The molecule has 0 spiro atoms. The summed E-state index contributed by atoms with van der Waals surface area (Å²) in [7, 11) is 3.40. The lowest BCUT2D eigenvalue weighted by Crippen LogP contribution is -2.15. The molecular weight excluding hydrogens is 242 g/mol. The largest absolute Gasteiger partial charge is 0.493 e. The summed E-state index contributed by atoms with van der Waals surface area (Å²) in [5.74, 6) is 1.59. The van der Waals surface area contributed by atoms with E-state index in [1.54, 1.807) is 14.2 Å². The van der Waals surface area contributed by atoms with Gasteiger partial charge in [-0.05, 0) is 44.0 Å². The molecule has 0 saturated heterocycles. The smallest absolute Gasteiger partial charge is 0.161 e. The van der Waals surface area contributed by atoms with Crippen molar-refractivity contribution < 1.29 is 14.2 Å². The molecule has 4 heteroatoms. The molecule has 4 nitrogen and oxygen atoms in total. The third kappa shape index (κ3) is 5.94. The lowest BCUT2D eigenvalue weighted by atomic mass is 10.2. The Labute approximate surface area is 116 Å². The Morgan fingerprint density at radius 2 is 1.95 bits per heavy atom. The second-order valence-corrected chi connectivity index (χ2v) is 4.29. The van der Waals surface area contributed by atoms with Crippen LogP contribution in [0.25, 0.3) is 0 Å². The minimum atomic E-state index is 0.646. The molecule has 1 N–H and O–H groups in total. The number of benzene rings is 1. The van der Waals surface area contributed by atoms with Gasteiger partial charge in [0.05, 0.1) is 13.7 Å². The van der Waals surface area contributed by atoms with E-state index in [-0.39, 0.29) is 0 Å². The van der Waals surface area contributed by atoms with E-state index in [4.69, 9.17) is 14.2 Å². The Kier molecular flexibility index (Phi) is 8.02. The molecule has 0 aliphatic carbocycles. The van der Waals surface area contributed by atoms with Gasteiger partial charge >= 0.3 is 0 Å². The van der Waals surface area contributed by atoms with Crippen molar-refractivity contribution in [2.24, 2.45) is 0 Å². The van der Waals surface area contributed by atoms with Gasteiger partial charge in [0.25, 0.3) is 0 Å². The molecule has 0 bridgehead atoms. The number of methoxy groups -OCH3 is 2. The second kappa shape index (κ2) is 9.64. The Bertz CT molecular complexity index is 355. The van der Waals surface area contributed by atoms with Gasteiger partial charge < -0.3 is 19.5 Å². The summed E-state index contributed by atoms with van der Waals surface area (Å²) in [6.07, 6.45) is 2.22. The standard InChI is InChI=1S/C15H25NO3/c1-4-19-14-8-7-13(11-15(14)18-3)12-16-9-5-6-10-17-2/h7-8,11,16H,4-6,9-10,12H2,1-3H3. The van der Waals surface area contributed by atoms with Crippen LogP contribution in [-0.4, -0.2) is 34.0 Å². The zero-order valence-electron chi connectivity index (χ0n) is 12.2. The topological polar surface area (TPSA) is 39.7 Å². The van der Waals surface area contributed by atoms with Gasteiger partial charge in [-0.3, -0.25) is 0 Å². The van der Waals surface area contributed by atoms with E-state index in [9.17, 15) is 0 Å². The van der Waals surface area contributed by atoms with Crippen molar-refractivity contribution in [2.45, 2.75) is 26.3 Å². The summed E-state index contributed by atoms with van der Waals surface area (Å²) < 4.78 is 15.8. The second-order valence-electron chi connectivity index (χ2n) is 4.29. The Balaban J connectivity index is 2.37. The van der Waals surface area contributed by atoms with Crippen molar-refractivity contribution in [3.05, 3.63) is 23.8 Å². The van der Waals surface area contributed by atoms with E-state index in [1.807, 2.05) is 19.1 Å². The zero-order valence-corrected chi connectivity index (χ0v) is 12.2. The first kappa shape index (κ1) is 15.8. The SMILES string of the molecule is CCOc1ccc(CNCCCCOC)cc1OC. The summed E-state index contributed by atoms with van der Waals surface area (Å²) in [5.41, 5.74) is 1.20. The highest BCUT2D eigenvalue weighted by Crippen LogP contribution is 2.27. The van der Waals surface area contributed by atoms with E-state index in [0.717, 1.165) is 44.0 Å². The molecule has 0 amide bonds. The van der Waals surface area contributed by atoms with Crippen LogP contribution in [0, 0.1) is 0 Å². The fourth-order valence-electron chi connectivity index (χ4n) is 1.83. The number of nitrogens with one attached hydrogen (secondary N) is 1. The maximum absolute atomic E-state index is 5.49. The first-order valence-corrected chi connectivity index (χ1v) is 6.81. The molecule has 108 valence electrons. The van der Waals surface area contributed by atoms with Crippen molar-refractivity contribution in [2.75, 3.05) is 34.0 Å². The lowest BCUT2D eigenvalue weighted by Gasteiger charge is -2.11. The number of ether oxygens (including phenoxy) is 3. The van der Waals surface area contributed by atoms with Gasteiger partial charge in [-0.15, -0.1) is 0 Å². The summed E-state index contributed by atoms with van der Waals surface area (Å²) in [4.78, 5) is 0. The fraction of sp³-hybridized carbons (Fsp3) is 0.600. The van der Waals surface area contributed by atoms with Gasteiger partial charge in [0.2, 0.25) is 0 Å². The third-order valence-electron chi connectivity index (χ3n) is 2.81. The summed E-state index contributed by atoms with van der Waals surface area (Å²) in [6.45, 7) is 5.29. The minimum Gasteiger partial charge on any atom is -0.493 e. The molecule has 19 heavy (non-hydrogen) atoms. The van der Waals surface area contributed by atoms with Crippen LogP contribution in [-0.2, 0) is 11.3 Å². The lowest BCUT2D eigenvalue weighted by molar-refractivity contribution is 0.192. The van der Waals surface area contributed by atoms with Crippen molar-refractivity contribution in [3.8, 4) is 11.5 Å².